The van der Waals surface area contributed by atoms with Gasteiger partial charge in [-0.25, -0.2) is 0 Å². The molecule has 0 saturated heterocycles. The number of hydrogen-bond donors (Lipinski definition) is 0. The Kier molecular flexibility index (Phi) is 4.62. The summed E-state index contributed by atoms with van der Waals surface area (Å²) < 4.78 is 0. The highest BCUT2D eigenvalue weighted by molar-refractivity contribution is 6.27. The molecule has 38 heavy (non-hydrogen) atoms. The summed E-state index contributed by atoms with van der Waals surface area (Å²) in [6.45, 7) is 0. The van der Waals surface area contributed by atoms with Crippen molar-refractivity contribution in [1.29, 1.82) is 0 Å². The minimum atomic E-state index is 1.25. The van der Waals surface area contributed by atoms with Gasteiger partial charge in [0.25, 0.3) is 0 Å². The Bertz CT molecular complexity index is 2170. The monoisotopic (exact) mass is 480 g/mol. The Balaban J connectivity index is 1.56. The summed E-state index contributed by atoms with van der Waals surface area (Å²) in [7, 11) is 0. The molecule has 0 aliphatic heterocycles. The topological polar surface area (TPSA) is 0 Å². The Labute approximate surface area is 221 Å². The minimum absolute atomic E-state index is 1.25. The Hall–Kier alpha value is -4.94. The van der Waals surface area contributed by atoms with Crippen LogP contribution < -0.4 is 0 Å². The highest BCUT2D eigenvalue weighted by atomic mass is 14.2. The van der Waals surface area contributed by atoms with E-state index in [1.165, 1.54) is 76.1 Å². The number of fused-ring (bicyclic) bond motifs is 8. The molecular formula is C38H24. The van der Waals surface area contributed by atoms with Crippen LogP contribution in [0.2, 0.25) is 0 Å². The summed E-state index contributed by atoms with van der Waals surface area (Å²) in [5.74, 6) is 0. The fraction of sp³-hybridized carbons (Fsp3) is 0. The van der Waals surface area contributed by atoms with Crippen molar-refractivity contribution in [2.24, 2.45) is 0 Å². The Morgan fingerprint density at radius 3 is 1.34 bits per heavy atom. The lowest BCUT2D eigenvalue weighted by atomic mass is 9.86. The van der Waals surface area contributed by atoms with E-state index >= 15 is 0 Å². The van der Waals surface area contributed by atoms with Gasteiger partial charge in [-0.15, -0.1) is 0 Å². The molecule has 8 aromatic carbocycles. The highest BCUT2D eigenvalue weighted by Gasteiger charge is 2.16. The molecule has 0 atom stereocenters. The molecule has 0 unspecified atom stereocenters. The molecule has 0 spiro atoms. The second-order valence-corrected chi connectivity index (χ2v) is 10.1. The van der Waals surface area contributed by atoms with Gasteiger partial charge in [-0.3, -0.25) is 0 Å². The van der Waals surface area contributed by atoms with Gasteiger partial charge in [0.2, 0.25) is 0 Å². The van der Waals surface area contributed by atoms with Gasteiger partial charge in [0.1, 0.15) is 0 Å². The van der Waals surface area contributed by atoms with E-state index in [0.29, 0.717) is 0 Å². The van der Waals surface area contributed by atoms with Gasteiger partial charge in [0.15, 0.2) is 0 Å². The predicted molar refractivity (Wildman–Crippen MR) is 165 cm³/mol. The molecule has 0 aliphatic carbocycles. The first-order valence-electron chi connectivity index (χ1n) is 13.2. The van der Waals surface area contributed by atoms with Crippen LogP contribution in [0.5, 0.6) is 0 Å². The first-order valence-corrected chi connectivity index (χ1v) is 13.2. The van der Waals surface area contributed by atoms with E-state index in [1.54, 1.807) is 0 Å². The molecule has 0 aliphatic rings. The van der Waals surface area contributed by atoms with Gasteiger partial charge < -0.3 is 0 Å². The molecular weight excluding hydrogens is 456 g/mol. The normalized spacial score (nSPS) is 11.7. The van der Waals surface area contributed by atoms with E-state index in [9.17, 15) is 0 Å². The quantitative estimate of drug-likeness (QED) is 0.216. The average molecular weight is 481 g/mol. The van der Waals surface area contributed by atoms with E-state index in [0.717, 1.165) is 0 Å². The van der Waals surface area contributed by atoms with Crippen molar-refractivity contribution in [3.63, 3.8) is 0 Å². The van der Waals surface area contributed by atoms with Crippen LogP contribution in [0.15, 0.2) is 146 Å². The average Bonchev–Trinajstić information content (AvgIpc) is 3.00. The third-order valence-corrected chi connectivity index (χ3v) is 8.00. The molecule has 8 aromatic rings. The number of hydrogen-bond acceptors (Lipinski definition) is 0. The second kappa shape index (κ2) is 8.30. The predicted octanol–water partition coefficient (Wildman–Crippen LogP) is 10.8. The zero-order valence-corrected chi connectivity index (χ0v) is 20.9. The minimum Gasteiger partial charge on any atom is -0.0622 e. The fourth-order valence-corrected chi connectivity index (χ4v) is 6.34. The molecule has 0 heterocycles. The van der Waals surface area contributed by atoms with Crippen LogP contribution in [0, 0.1) is 0 Å². The lowest BCUT2D eigenvalue weighted by molar-refractivity contribution is 1.67. The van der Waals surface area contributed by atoms with Crippen LogP contribution >= 0.6 is 0 Å². The van der Waals surface area contributed by atoms with Crippen LogP contribution in [0.25, 0.3) is 76.1 Å². The molecule has 0 aromatic heterocycles. The van der Waals surface area contributed by atoms with Gasteiger partial charge in [-0.05, 0) is 94.3 Å². The van der Waals surface area contributed by atoms with E-state index in [2.05, 4.69) is 146 Å². The Morgan fingerprint density at radius 2 is 0.684 bits per heavy atom. The summed E-state index contributed by atoms with van der Waals surface area (Å²) in [4.78, 5) is 0. The highest BCUT2D eigenvalue weighted by Crippen LogP contribution is 2.44. The maximum absolute atomic E-state index is 2.42. The molecule has 0 fully saturated rings. The van der Waals surface area contributed by atoms with Crippen molar-refractivity contribution in [3.05, 3.63) is 146 Å². The zero-order valence-electron chi connectivity index (χ0n) is 20.9. The molecule has 0 saturated carbocycles. The molecule has 0 amide bonds. The molecule has 0 N–H and O–H groups in total. The maximum atomic E-state index is 2.42. The third kappa shape index (κ3) is 3.11. The number of benzene rings is 8. The van der Waals surface area contributed by atoms with E-state index in [4.69, 9.17) is 0 Å². The summed E-state index contributed by atoms with van der Waals surface area (Å²) in [5.41, 5.74) is 5.09. The van der Waals surface area contributed by atoms with Crippen molar-refractivity contribution < 1.29 is 0 Å². The van der Waals surface area contributed by atoms with Crippen molar-refractivity contribution >= 4 is 53.9 Å². The van der Waals surface area contributed by atoms with Gasteiger partial charge in [0, 0.05) is 0 Å². The smallest absolute Gasteiger partial charge is 0.00259 e. The molecule has 8 rings (SSSR count). The second-order valence-electron chi connectivity index (χ2n) is 10.1. The molecule has 176 valence electrons. The standard InChI is InChI=1S/C38H24/c1-2-12-25(13-3-1)35-23-27-24-37(32-19-9-11-21-34(32)38(27)33-20-10-8-18-31(33)35)36-22-26-14-4-5-15-28(26)29-16-6-7-17-30(29)36/h1-24H. The van der Waals surface area contributed by atoms with Crippen LogP contribution in [0.4, 0.5) is 0 Å². The van der Waals surface area contributed by atoms with Crippen molar-refractivity contribution in [2.45, 2.75) is 0 Å². The van der Waals surface area contributed by atoms with E-state index < -0.39 is 0 Å². The molecule has 0 bridgehead atoms. The van der Waals surface area contributed by atoms with Crippen molar-refractivity contribution in [2.75, 3.05) is 0 Å². The summed E-state index contributed by atoms with van der Waals surface area (Å²) >= 11 is 0. The van der Waals surface area contributed by atoms with E-state index in [1.807, 2.05) is 0 Å². The maximum Gasteiger partial charge on any atom is -0.00259 e. The lowest BCUT2D eigenvalue weighted by Crippen LogP contribution is -1.90. The fourth-order valence-electron chi connectivity index (χ4n) is 6.34. The van der Waals surface area contributed by atoms with Crippen LogP contribution in [-0.4, -0.2) is 0 Å². The van der Waals surface area contributed by atoms with Crippen molar-refractivity contribution in [1.82, 2.24) is 0 Å². The molecule has 0 radical (unpaired) electrons. The summed E-state index contributed by atoms with van der Waals surface area (Å²) in [6.07, 6.45) is 0. The largest absolute Gasteiger partial charge is 0.0622 e. The van der Waals surface area contributed by atoms with Crippen LogP contribution in [0.1, 0.15) is 0 Å². The molecule has 0 heteroatoms. The van der Waals surface area contributed by atoms with Crippen LogP contribution in [0.3, 0.4) is 0 Å². The van der Waals surface area contributed by atoms with Crippen molar-refractivity contribution in [3.8, 4) is 22.3 Å². The zero-order chi connectivity index (χ0) is 25.1. The molecule has 0 nitrogen and oxygen atoms in total. The Morgan fingerprint density at radius 1 is 0.263 bits per heavy atom. The van der Waals surface area contributed by atoms with Gasteiger partial charge in [0.05, 0.1) is 0 Å². The van der Waals surface area contributed by atoms with Gasteiger partial charge in [-0.1, -0.05) is 127 Å². The third-order valence-electron chi connectivity index (χ3n) is 8.00. The first kappa shape index (κ1) is 21.2. The van der Waals surface area contributed by atoms with E-state index in [-0.39, 0.29) is 0 Å². The first-order chi connectivity index (χ1) is 18.9. The summed E-state index contributed by atoms with van der Waals surface area (Å²) in [5, 5.41) is 12.9. The van der Waals surface area contributed by atoms with Gasteiger partial charge >= 0.3 is 0 Å². The van der Waals surface area contributed by atoms with Gasteiger partial charge in [-0.2, -0.15) is 0 Å². The SMILES string of the molecule is c1ccc(-c2cc3cc(-c4cc5ccccc5c5ccccc45)c4ccccc4c3c3ccccc23)cc1. The summed E-state index contributed by atoms with van der Waals surface area (Å²) in [6, 6.07) is 53.3. The lowest BCUT2D eigenvalue weighted by Gasteiger charge is -2.17. The number of rotatable bonds is 2. The van der Waals surface area contributed by atoms with Crippen LogP contribution in [-0.2, 0) is 0 Å².